The first kappa shape index (κ1) is 26.2. The number of hydrogen-bond acceptors (Lipinski definition) is 7. The standard InChI is InChI=1S/C28H36N6O3/c1-5-26(35)33-14-10-22(19-33)34-28(30-11-15-32-12-6-7-13-32)27(20(2)29)25(31-34)9-8-21-16-23(36-3)18-24(17-21)37-4/h5,16-18,22,30H,1-2,6-7,10-15,19,29H2,3-4H3/t22-/m0/s1. The second-order valence-electron chi connectivity index (χ2n) is 9.30. The van der Waals surface area contributed by atoms with Crippen molar-refractivity contribution in [1.82, 2.24) is 19.6 Å². The molecule has 2 aliphatic rings. The number of rotatable bonds is 9. The van der Waals surface area contributed by atoms with Crippen molar-refractivity contribution in [3.63, 3.8) is 0 Å². The van der Waals surface area contributed by atoms with Crippen LogP contribution in [0.1, 0.15) is 42.1 Å². The fourth-order valence-electron chi connectivity index (χ4n) is 4.88. The predicted octanol–water partition coefficient (Wildman–Crippen LogP) is 2.70. The molecule has 3 heterocycles. The lowest BCUT2D eigenvalue weighted by Crippen LogP contribution is -2.29. The molecule has 2 aromatic rings. The van der Waals surface area contributed by atoms with Crippen LogP contribution in [0.25, 0.3) is 5.70 Å². The van der Waals surface area contributed by atoms with Crippen LogP contribution in [-0.2, 0) is 4.79 Å². The molecule has 2 fully saturated rings. The monoisotopic (exact) mass is 504 g/mol. The summed E-state index contributed by atoms with van der Waals surface area (Å²) in [7, 11) is 3.21. The van der Waals surface area contributed by atoms with Crippen molar-refractivity contribution in [1.29, 1.82) is 0 Å². The highest BCUT2D eigenvalue weighted by Crippen LogP contribution is 2.31. The number of nitrogens with one attached hydrogen (secondary N) is 1. The third kappa shape index (κ3) is 6.09. The minimum absolute atomic E-state index is 0.0104. The number of carbonyl (C=O) groups is 1. The third-order valence-corrected chi connectivity index (χ3v) is 6.82. The second kappa shape index (κ2) is 11.9. The quantitative estimate of drug-likeness (QED) is 0.400. The number of benzene rings is 1. The number of aromatic nitrogens is 2. The molecule has 0 spiro atoms. The van der Waals surface area contributed by atoms with Crippen LogP contribution >= 0.6 is 0 Å². The van der Waals surface area contributed by atoms with Gasteiger partial charge in [0.2, 0.25) is 5.91 Å². The van der Waals surface area contributed by atoms with Crippen molar-refractivity contribution in [3.05, 3.63) is 54.3 Å². The van der Waals surface area contributed by atoms with Gasteiger partial charge in [0.05, 0.1) is 25.8 Å². The van der Waals surface area contributed by atoms with Crippen LogP contribution in [0.2, 0.25) is 0 Å². The molecule has 0 aliphatic carbocycles. The Kier molecular flexibility index (Phi) is 8.41. The Balaban J connectivity index is 1.69. The van der Waals surface area contributed by atoms with E-state index < -0.39 is 0 Å². The fraction of sp³-hybridized carbons (Fsp3) is 0.429. The van der Waals surface area contributed by atoms with Gasteiger partial charge in [0.25, 0.3) is 0 Å². The summed E-state index contributed by atoms with van der Waals surface area (Å²) in [6.07, 6.45) is 4.62. The average molecular weight is 505 g/mol. The van der Waals surface area contributed by atoms with Gasteiger partial charge in [-0.3, -0.25) is 4.79 Å². The molecule has 3 N–H and O–H groups in total. The average Bonchev–Trinajstić information content (AvgIpc) is 3.67. The molecule has 9 nitrogen and oxygen atoms in total. The molecule has 9 heteroatoms. The number of amides is 1. The topological polar surface area (TPSA) is 97.9 Å². The Bertz CT molecular complexity index is 1200. The summed E-state index contributed by atoms with van der Waals surface area (Å²) in [5, 5.41) is 8.45. The Labute approximate surface area is 218 Å². The summed E-state index contributed by atoms with van der Waals surface area (Å²) in [5.74, 6) is 8.39. The van der Waals surface area contributed by atoms with Gasteiger partial charge in [-0.1, -0.05) is 19.1 Å². The van der Waals surface area contributed by atoms with Gasteiger partial charge in [-0.25, -0.2) is 4.68 Å². The molecule has 37 heavy (non-hydrogen) atoms. The van der Waals surface area contributed by atoms with E-state index in [-0.39, 0.29) is 11.9 Å². The van der Waals surface area contributed by atoms with E-state index in [9.17, 15) is 4.79 Å². The number of nitrogens with two attached hydrogens (primary N) is 1. The van der Waals surface area contributed by atoms with Crippen LogP contribution in [-0.4, -0.2) is 79.0 Å². The van der Waals surface area contributed by atoms with Crippen molar-refractivity contribution in [2.24, 2.45) is 5.73 Å². The lowest BCUT2D eigenvalue weighted by molar-refractivity contribution is -0.125. The number of carbonyl (C=O) groups excluding carboxylic acids is 1. The Hall–Kier alpha value is -3.90. The maximum absolute atomic E-state index is 12.2. The molecule has 4 rings (SSSR count). The van der Waals surface area contributed by atoms with Crippen LogP contribution in [0.4, 0.5) is 5.82 Å². The first-order valence-corrected chi connectivity index (χ1v) is 12.6. The van der Waals surface area contributed by atoms with Gasteiger partial charge in [0, 0.05) is 43.5 Å². The molecule has 0 unspecified atom stereocenters. The van der Waals surface area contributed by atoms with Gasteiger partial charge >= 0.3 is 0 Å². The minimum atomic E-state index is -0.0753. The smallest absolute Gasteiger partial charge is 0.246 e. The summed E-state index contributed by atoms with van der Waals surface area (Å²) in [6, 6.07) is 5.47. The van der Waals surface area contributed by atoms with E-state index in [2.05, 4.69) is 35.2 Å². The fourth-order valence-corrected chi connectivity index (χ4v) is 4.88. The number of nitrogens with zero attached hydrogens (tertiary/aromatic N) is 4. The molecule has 1 aromatic heterocycles. The van der Waals surface area contributed by atoms with Gasteiger partial charge in [-0.15, -0.1) is 0 Å². The molecule has 0 saturated carbocycles. The van der Waals surface area contributed by atoms with Gasteiger partial charge in [-0.05, 0) is 56.5 Å². The van der Waals surface area contributed by atoms with Gasteiger partial charge in [0.1, 0.15) is 23.0 Å². The van der Waals surface area contributed by atoms with Crippen molar-refractivity contribution in [2.75, 3.05) is 58.8 Å². The number of likely N-dealkylation sites (tertiary alicyclic amines) is 2. The normalized spacial score (nSPS) is 17.2. The largest absolute Gasteiger partial charge is 0.497 e. The summed E-state index contributed by atoms with van der Waals surface area (Å²) in [4.78, 5) is 16.5. The Morgan fingerprint density at radius 2 is 1.89 bits per heavy atom. The summed E-state index contributed by atoms with van der Waals surface area (Å²) in [6.45, 7) is 12.8. The van der Waals surface area contributed by atoms with E-state index in [0.717, 1.165) is 44.0 Å². The molecular weight excluding hydrogens is 468 g/mol. The van der Waals surface area contributed by atoms with Crippen LogP contribution in [0.5, 0.6) is 11.5 Å². The molecule has 2 aliphatic heterocycles. The van der Waals surface area contributed by atoms with E-state index in [1.54, 1.807) is 25.2 Å². The molecule has 196 valence electrons. The molecule has 2 saturated heterocycles. The molecule has 1 amide bonds. The van der Waals surface area contributed by atoms with Crippen molar-refractivity contribution >= 4 is 17.4 Å². The van der Waals surface area contributed by atoms with E-state index in [1.807, 2.05) is 16.8 Å². The minimum Gasteiger partial charge on any atom is -0.497 e. The van der Waals surface area contributed by atoms with E-state index in [4.69, 9.17) is 20.3 Å². The van der Waals surface area contributed by atoms with Gasteiger partial charge in [0.15, 0.2) is 0 Å². The number of ether oxygens (including phenoxy) is 2. The van der Waals surface area contributed by atoms with Crippen LogP contribution in [0.15, 0.2) is 37.4 Å². The molecular formula is C28H36N6O3. The lowest BCUT2D eigenvalue weighted by atomic mass is 10.1. The van der Waals surface area contributed by atoms with E-state index in [0.29, 0.717) is 41.5 Å². The molecule has 1 atom stereocenters. The van der Waals surface area contributed by atoms with E-state index in [1.165, 1.54) is 18.9 Å². The maximum Gasteiger partial charge on any atom is 0.246 e. The van der Waals surface area contributed by atoms with E-state index >= 15 is 0 Å². The SMILES string of the molecule is C=CC(=O)N1CC[C@H](n2nc(C#Cc3cc(OC)cc(OC)c3)c(C(=C)N)c2NCCN2CCCC2)C1. The van der Waals surface area contributed by atoms with Gasteiger partial charge in [-0.2, -0.15) is 5.10 Å². The van der Waals surface area contributed by atoms with Gasteiger partial charge < -0.3 is 30.3 Å². The predicted molar refractivity (Wildman–Crippen MR) is 146 cm³/mol. The molecule has 1 aromatic carbocycles. The first-order chi connectivity index (χ1) is 17.9. The third-order valence-electron chi connectivity index (χ3n) is 6.82. The summed E-state index contributed by atoms with van der Waals surface area (Å²) < 4.78 is 12.7. The number of hydrogen-bond donors (Lipinski definition) is 2. The Morgan fingerprint density at radius 3 is 2.51 bits per heavy atom. The lowest BCUT2D eigenvalue weighted by Gasteiger charge is -2.20. The highest BCUT2D eigenvalue weighted by Gasteiger charge is 2.31. The number of anilines is 1. The second-order valence-corrected chi connectivity index (χ2v) is 9.30. The zero-order valence-electron chi connectivity index (χ0n) is 21.8. The first-order valence-electron chi connectivity index (χ1n) is 12.6. The van der Waals surface area contributed by atoms with Crippen molar-refractivity contribution in [2.45, 2.75) is 25.3 Å². The zero-order valence-corrected chi connectivity index (χ0v) is 21.8. The summed E-state index contributed by atoms with van der Waals surface area (Å²) >= 11 is 0. The highest BCUT2D eigenvalue weighted by atomic mass is 16.5. The molecule has 0 radical (unpaired) electrons. The zero-order chi connectivity index (χ0) is 26.4. The van der Waals surface area contributed by atoms with Crippen LogP contribution in [0.3, 0.4) is 0 Å². The Morgan fingerprint density at radius 1 is 1.19 bits per heavy atom. The van der Waals surface area contributed by atoms with Crippen molar-refractivity contribution in [3.8, 4) is 23.3 Å². The van der Waals surface area contributed by atoms with Crippen LogP contribution < -0.4 is 20.5 Å². The maximum atomic E-state index is 12.2. The van der Waals surface area contributed by atoms with Crippen LogP contribution in [0, 0.1) is 11.8 Å². The molecule has 0 bridgehead atoms. The number of methoxy groups -OCH3 is 2. The summed E-state index contributed by atoms with van der Waals surface area (Å²) in [5.41, 5.74) is 8.64. The highest BCUT2D eigenvalue weighted by molar-refractivity contribution is 5.87. The van der Waals surface area contributed by atoms with Crippen molar-refractivity contribution < 1.29 is 14.3 Å².